The molecule has 3 aromatic heterocycles. The predicted molar refractivity (Wildman–Crippen MR) is 131 cm³/mol. The van der Waals surface area contributed by atoms with Gasteiger partial charge in [-0.1, -0.05) is 6.07 Å². The number of halogens is 1. The summed E-state index contributed by atoms with van der Waals surface area (Å²) in [6.07, 6.45) is 3.64. The standard InChI is InChI=1S/C25H21FN4O3S/c1-14-12-29(13-27-14)19-10-5-16(11-20(19)33-4)22-15(2)21-23(31)30(18-8-6-17(26)7-9-18)25(32)28(3)24(21)34-22/h5-13H,1-4H3. The van der Waals surface area contributed by atoms with Crippen LogP contribution in [-0.2, 0) is 7.05 Å². The van der Waals surface area contributed by atoms with Gasteiger partial charge in [-0.2, -0.15) is 0 Å². The summed E-state index contributed by atoms with van der Waals surface area (Å²) < 4.78 is 23.5. The highest BCUT2D eigenvalue weighted by molar-refractivity contribution is 7.22. The Bertz CT molecular complexity index is 1680. The van der Waals surface area contributed by atoms with Crippen LogP contribution in [0.15, 0.2) is 64.6 Å². The maximum absolute atomic E-state index is 13.4. The molecule has 2 aromatic carbocycles. The number of imidazole rings is 1. The Kier molecular flexibility index (Phi) is 5.21. The van der Waals surface area contributed by atoms with Crippen molar-refractivity contribution in [2.75, 3.05) is 7.11 Å². The van der Waals surface area contributed by atoms with E-state index in [0.29, 0.717) is 21.7 Å². The largest absolute Gasteiger partial charge is 0.495 e. The fraction of sp³-hybridized carbons (Fsp3) is 0.160. The summed E-state index contributed by atoms with van der Waals surface area (Å²) in [4.78, 5) is 32.2. The van der Waals surface area contributed by atoms with Crippen molar-refractivity contribution in [3.63, 3.8) is 0 Å². The number of methoxy groups -OCH3 is 1. The third-order valence-corrected chi connectivity index (χ3v) is 7.26. The maximum Gasteiger partial charge on any atom is 0.336 e. The molecule has 0 saturated heterocycles. The molecule has 0 N–H and O–H groups in total. The monoisotopic (exact) mass is 476 g/mol. The number of hydrogen-bond acceptors (Lipinski definition) is 5. The third-order valence-electron chi connectivity index (χ3n) is 5.84. The van der Waals surface area contributed by atoms with Crippen molar-refractivity contribution in [2.45, 2.75) is 13.8 Å². The van der Waals surface area contributed by atoms with Gasteiger partial charge in [-0.05, 0) is 61.4 Å². The van der Waals surface area contributed by atoms with Crippen LogP contribution in [0.2, 0.25) is 0 Å². The van der Waals surface area contributed by atoms with Crippen LogP contribution in [-0.4, -0.2) is 25.8 Å². The van der Waals surface area contributed by atoms with Gasteiger partial charge in [0.2, 0.25) is 0 Å². The normalized spacial score (nSPS) is 11.3. The lowest BCUT2D eigenvalue weighted by Gasteiger charge is -2.11. The number of rotatable bonds is 4. The van der Waals surface area contributed by atoms with Crippen LogP contribution in [0, 0.1) is 19.7 Å². The van der Waals surface area contributed by atoms with E-state index in [4.69, 9.17) is 4.74 Å². The van der Waals surface area contributed by atoms with E-state index < -0.39 is 17.1 Å². The number of hydrogen-bond donors (Lipinski definition) is 0. The second-order valence-corrected chi connectivity index (χ2v) is 9.00. The highest BCUT2D eigenvalue weighted by Crippen LogP contribution is 2.38. The Balaban J connectivity index is 1.72. The summed E-state index contributed by atoms with van der Waals surface area (Å²) in [5.41, 5.74) is 2.78. The summed E-state index contributed by atoms with van der Waals surface area (Å²) in [6.45, 7) is 3.79. The molecule has 0 aliphatic heterocycles. The molecule has 0 aliphatic carbocycles. The second-order valence-electron chi connectivity index (χ2n) is 8.00. The molecule has 0 unspecified atom stereocenters. The van der Waals surface area contributed by atoms with E-state index in [1.165, 1.54) is 40.2 Å². The van der Waals surface area contributed by atoms with Crippen LogP contribution >= 0.6 is 11.3 Å². The fourth-order valence-corrected chi connectivity index (χ4v) is 5.35. The Morgan fingerprint density at radius 1 is 1.06 bits per heavy atom. The van der Waals surface area contributed by atoms with Crippen molar-refractivity contribution in [3.05, 3.63) is 92.9 Å². The number of benzene rings is 2. The van der Waals surface area contributed by atoms with Crippen molar-refractivity contribution in [3.8, 4) is 27.6 Å². The Morgan fingerprint density at radius 2 is 1.79 bits per heavy atom. The lowest BCUT2D eigenvalue weighted by molar-refractivity contribution is 0.413. The average molecular weight is 477 g/mol. The van der Waals surface area contributed by atoms with Gasteiger partial charge >= 0.3 is 5.69 Å². The van der Waals surface area contributed by atoms with Crippen LogP contribution in [0.3, 0.4) is 0 Å². The lowest BCUT2D eigenvalue weighted by atomic mass is 10.1. The van der Waals surface area contributed by atoms with Crippen LogP contribution in [0.25, 0.3) is 32.0 Å². The van der Waals surface area contributed by atoms with Gasteiger partial charge in [-0.25, -0.2) is 18.7 Å². The summed E-state index contributed by atoms with van der Waals surface area (Å²) in [5, 5.41) is 0.458. The van der Waals surface area contributed by atoms with Crippen LogP contribution in [0.4, 0.5) is 4.39 Å². The first-order valence-corrected chi connectivity index (χ1v) is 11.3. The van der Waals surface area contributed by atoms with Crippen LogP contribution < -0.4 is 16.0 Å². The molecule has 0 atom stereocenters. The van der Waals surface area contributed by atoms with Crippen molar-refractivity contribution in [2.24, 2.45) is 7.05 Å². The minimum Gasteiger partial charge on any atom is -0.495 e. The Morgan fingerprint density at radius 3 is 2.44 bits per heavy atom. The van der Waals surface area contributed by atoms with Gasteiger partial charge in [0.05, 0.1) is 35.9 Å². The molecule has 0 amide bonds. The Hall–Kier alpha value is -3.98. The second kappa shape index (κ2) is 8.11. The number of thiophene rings is 1. The fourth-order valence-electron chi connectivity index (χ4n) is 4.10. The molecule has 5 rings (SSSR count). The molecule has 7 nitrogen and oxygen atoms in total. The quantitative estimate of drug-likeness (QED) is 0.386. The summed E-state index contributed by atoms with van der Waals surface area (Å²) in [5.74, 6) is 0.219. The van der Waals surface area contributed by atoms with Gasteiger partial charge in [-0.3, -0.25) is 9.36 Å². The van der Waals surface area contributed by atoms with Gasteiger partial charge < -0.3 is 9.30 Å². The summed E-state index contributed by atoms with van der Waals surface area (Å²) in [7, 11) is 3.24. The molecule has 9 heteroatoms. The molecule has 5 aromatic rings. The zero-order valence-electron chi connectivity index (χ0n) is 19.0. The number of nitrogens with zero attached hydrogens (tertiary/aromatic N) is 4. The molecule has 34 heavy (non-hydrogen) atoms. The smallest absolute Gasteiger partial charge is 0.336 e. The third kappa shape index (κ3) is 3.36. The minimum absolute atomic E-state index is 0.322. The zero-order valence-corrected chi connectivity index (χ0v) is 19.8. The molecule has 0 spiro atoms. The number of ether oxygens (including phenoxy) is 1. The highest BCUT2D eigenvalue weighted by atomic mass is 32.1. The van der Waals surface area contributed by atoms with Crippen LogP contribution in [0.5, 0.6) is 5.75 Å². The van der Waals surface area contributed by atoms with E-state index in [-0.39, 0.29) is 0 Å². The van der Waals surface area contributed by atoms with Gasteiger partial charge in [0.25, 0.3) is 5.56 Å². The topological polar surface area (TPSA) is 71.0 Å². The van der Waals surface area contributed by atoms with E-state index in [9.17, 15) is 14.0 Å². The zero-order chi connectivity index (χ0) is 24.1. The molecule has 0 radical (unpaired) electrons. The maximum atomic E-state index is 13.4. The molecule has 0 aliphatic rings. The van der Waals surface area contributed by atoms with E-state index in [0.717, 1.165) is 32.0 Å². The van der Waals surface area contributed by atoms with Gasteiger partial charge in [0, 0.05) is 18.1 Å². The number of aryl methyl sites for hydroxylation is 3. The van der Waals surface area contributed by atoms with Crippen LogP contribution in [0.1, 0.15) is 11.3 Å². The summed E-state index contributed by atoms with van der Waals surface area (Å²) in [6, 6.07) is 11.1. The van der Waals surface area contributed by atoms with E-state index in [1.54, 1.807) is 20.5 Å². The minimum atomic E-state index is -0.486. The van der Waals surface area contributed by atoms with Gasteiger partial charge in [0.15, 0.2) is 0 Å². The number of aromatic nitrogens is 4. The SMILES string of the molecule is COc1cc(-c2sc3c(c2C)c(=O)n(-c2ccc(F)cc2)c(=O)n3C)ccc1-n1cnc(C)c1. The molecule has 3 heterocycles. The number of fused-ring (bicyclic) bond motifs is 1. The first kappa shape index (κ1) is 21.8. The van der Waals surface area contributed by atoms with Crippen molar-refractivity contribution in [1.29, 1.82) is 0 Å². The van der Waals surface area contributed by atoms with Crippen molar-refractivity contribution >= 4 is 21.6 Å². The lowest BCUT2D eigenvalue weighted by Crippen LogP contribution is -2.37. The molecule has 0 saturated carbocycles. The molecular formula is C25H21FN4O3S. The summed E-state index contributed by atoms with van der Waals surface area (Å²) >= 11 is 1.38. The van der Waals surface area contributed by atoms with Gasteiger partial charge in [-0.15, -0.1) is 11.3 Å². The van der Waals surface area contributed by atoms with Gasteiger partial charge in [0.1, 0.15) is 16.4 Å². The van der Waals surface area contributed by atoms with E-state index >= 15 is 0 Å². The van der Waals surface area contributed by atoms with E-state index in [2.05, 4.69) is 4.98 Å². The Labute approximate surface area is 197 Å². The van der Waals surface area contributed by atoms with Crippen molar-refractivity contribution < 1.29 is 9.13 Å². The van der Waals surface area contributed by atoms with Crippen molar-refractivity contribution in [1.82, 2.24) is 18.7 Å². The molecule has 172 valence electrons. The highest BCUT2D eigenvalue weighted by Gasteiger charge is 2.21. The first-order chi connectivity index (χ1) is 16.3. The van der Waals surface area contributed by atoms with E-state index in [1.807, 2.05) is 42.8 Å². The average Bonchev–Trinajstić information content (AvgIpc) is 3.42. The first-order valence-electron chi connectivity index (χ1n) is 10.5. The molecular weight excluding hydrogens is 455 g/mol. The molecule has 0 bridgehead atoms. The predicted octanol–water partition coefficient (Wildman–Crippen LogP) is 4.37. The molecule has 0 fully saturated rings.